The second-order valence-corrected chi connectivity index (χ2v) is 5.08. The summed E-state index contributed by atoms with van der Waals surface area (Å²) in [5, 5.41) is 22.6. The number of amidine groups is 1. The first-order chi connectivity index (χ1) is 10.1. The topological polar surface area (TPSA) is 85.5 Å². The minimum absolute atomic E-state index is 0.213. The molecule has 0 bridgehead atoms. The largest absolute Gasteiger partial charge is 0.478 e. The maximum Gasteiger partial charge on any atom is 0.336 e. The lowest BCUT2D eigenvalue weighted by atomic mass is 9.99. The molecule has 5 nitrogen and oxygen atoms in total. The lowest BCUT2D eigenvalue weighted by molar-refractivity contribution is 0.0696. The zero-order valence-corrected chi connectivity index (χ0v) is 12.4. The lowest BCUT2D eigenvalue weighted by Gasteiger charge is -2.10. The van der Waals surface area contributed by atoms with E-state index in [0.29, 0.717) is 16.4 Å². The van der Waals surface area contributed by atoms with E-state index < -0.39 is 5.97 Å². The van der Waals surface area contributed by atoms with Crippen LogP contribution in [0.15, 0.2) is 35.3 Å². The van der Waals surface area contributed by atoms with Crippen molar-refractivity contribution in [2.24, 2.45) is 4.99 Å². The first-order valence-electron chi connectivity index (χ1n) is 6.12. The van der Waals surface area contributed by atoms with Gasteiger partial charge in [0.2, 0.25) is 0 Å². The number of fused-ring (bicyclic) bond motifs is 1. The van der Waals surface area contributed by atoms with Gasteiger partial charge >= 0.3 is 5.97 Å². The molecule has 0 aliphatic rings. The maximum atomic E-state index is 11.4. The molecule has 6 heteroatoms. The number of nitrogens with zero attached hydrogens (tertiary/aromatic N) is 2. The van der Waals surface area contributed by atoms with E-state index in [-0.39, 0.29) is 5.56 Å². The summed E-state index contributed by atoms with van der Waals surface area (Å²) in [6.07, 6.45) is 3.62. The van der Waals surface area contributed by atoms with Crippen molar-refractivity contribution in [1.29, 1.82) is 5.26 Å². The molecule has 0 fully saturated rings. The number of aromatic carboxylic acids is 1. The third-order valence-corrected chi connectivity index (χ3v) is 3.65. The van der Waals surface area contributed by atoms with Gasteiger partial charge in [-0.05, 0) is 30.2 Å². The lowest BCUT2D eigenvalue weighted by Crippen LogP contribution is -2.12. The summed E-state index contributed by atoms with van der Waals surface area (Å²) in [7, 11) is 0. The summed E-state index contributed by atoms with van der Waals surface area (Å²) in [5.41, 5.74) is 1.36. The number of rotatable bonds is 2. The molecule has 0 unspecified atom stereocenters. The van der Waals surface area contributed by atoms with Gasteiger partial charge in [-0.3, -0.25) is 5.32 Å². The summed E-state index contributed by atoms with van der Waals surface area (Å²) in [6, 6.07) is 9.09. The molecule has 2 N–H and O–H groups in total. The molecule has 0 aliphatic carbocycles. The van der Waals surface area contributed by atoms with Gasteiger partial charge in [-0.2, -0.15) is 5.26 Å². The van der Waals surface area contributed by atoms with Crippen molar-refractivity contribution < 1.29 is 9.90 Å². The Labute approximate surface area is 126 Å². The van der Waals surface area contributed by atoms with Crippen molar-refractivity contribution in [2.45, 2.75) is 6.92 Å². The van der Waals surface area contributed by atoms with Crippen LogP contribution in [-0.4, -0.2) is 22.5 Å². The van der Waals surface area contributed by atoms with E-state index in [9.17, 15) is 9.90 Å². The van der Waals surface area contributed by atoms with Crippen molar-refractivity contribution >= 4 is 39.4 Å². The molecule has 0 spiro atoms. The van der Waals surface area contributed by atoms with Crippen LogP contribution >= 0.6 is 11.8 Å². The van der Waals surface area contributed by atoms with E-state index >= 15 is 0 Å². The van der Waals surface area contributed by atoms with Gasteiger partial charge < -0.3 is 5.11 Å². The Balaban J connectivity index is 2.79. The average molecular weight is 299 g/mol. The highest BCUT2D eigenvalue weighted by Crippen LogP contribution is 2.33. The van der Waals surface area contributed by atoms with E-state index in [1.165, 1.54) is 11.8 Å². The smallest absolute Gasteiger partial charge is 0.336 e. The number of hydrogen-bond donors (Lipinski definition) is 2. The Hall–Kier alpha value is -2.52. The van der Waals surface area contributed by atoms with Gasteiger partial charge in [-0.25, -0.2) is 9.79 Å². The molecule has 0 heterocycles. The van der Waals surface area contributed by atoms with Gasteiger partial charge in [0, 0.05) is 5.39 Å². The SMILES string of the molecule is CSC(=Nc1c(C)c(C(=O)O)cc2ccccc12)NC#N. The molecule has 0 atom stereocenters. The minimum Gasteiger partial charge on any atom is -0.478 e. The van der Waals surface area contributed by atoms with E-state index in [4.69, 9.17) is 5.26 Å². The predicted molar refractivity (Wildman–Crippen MR) is 85.0 cm³/mol. The maximum absolute atomic E-state index is 11.4. The van der Waals surface area contributed by atoms with E-state index in [1.54, 1.807) is 19.2 Å². The van der Waals surface area contributed by atoms with Crippen LogP contribution < -0.4 is 5.32 Å². The molecule has 0 amide bonds. The quantitative estimate of drug-likeness (QED) is 0.385. The molecule has 0 radical (unpaired) electrons. The fourth-order valence-corrected chi connectivity index (χ4v) is 2.40. The van der Waals surface area contributed by atoms with Gasteiger partial charge in [0.1, 0.15) is 0 Å². The molecule has 0 saturated heterocycles. The van der Waals surface area contributed by atoms with Gasteiger partial charge in [0.15, 0.2) is 11.4 Å². The van der Waals surface area contributed by atoms with Gasteiger partial charge in [0.05, 0.1) is 11.3 Å². The molecule has 2 aromatic carbocycles. The number of thioether (sulfide) groups is 1. The second kappa shape index (κ2) is 6.29. The summed E-state index contributed by atoms with van der Waals surface area (Å²) in [4.78, 5) is 15.8. The van der Waals surface area contributed by atoms with Crippen LogP contribution in [0.5, 0.6) is 0 Å². The van der Waals surface area contributed by atoms with Crippen LogP contribution in [0.2, 0.25) is 0 Å². The molecule has 106 valence electrons. The normalized spacial score (nSPS) is 11.2. The van der Waals surface area contributed by atoms with Crippen LogP contribution in [0.3, 0.4) is 0 Å². The highest BCUT2D eigenvalue weighted by atomic mass is 32.2. The standard InChI is InChI=1S/C15H13N3O2S/c1-9-12(14(19)20)7-10-5-3-4-6-11(10)13(9)18-15(21-2)17-8-16/h3-7H,1-2H3,(H,17,18)(H,19,20). The molecule has 2 rings (SSSR count). The van der Waals surface area contributed by atoms with Crippen LogP contribution in [0.4, 0.5) is 5.69 Å². The number of carboxylic acids is 1. The van der Waals surface area contributed by atoms with Crippen LogP contribution in [-0.2, 0) is 0 Å². The van der Waals surface area contributed by atoms with E-state index in [2.05, 4.69) is 10.3 Å². The molecule has 21 heavy (non-hydrogen) atoms. The van der Waals surface area contributed by atoms with Crippen molar-refractivity contribution in [3.05, 3.63) is 41.5 Å². The number of carboxylic acid groups (broad SMARTS) is 1. The number of benzene rings is 2. The highest BCUT2D eigenvalue weighted by Gasteiger charge is 2.15. The summed E-state index contributed by atoms with van der Waals surface area (Å²) in [6.45, 7) is 1.72. The van der Waals surface area contributed by atoms with Gasteiger partial charge in [-0.1, -0.05) is 36.0 Å². The Bertz CT molecular complexity index is 778. The van der Waals surface area contributed by atoms with E-state index in [0.717, 1.165) is 10.8 Å². The van der Waals surface area contributed by atoms with Crippen LogP contribution in [0.25, 0.3) is 10.8 Å². The second-order valence-electron chi connectivity index (χ2n) is 4.28. The van der Waals surface area contributed by atoms with E-state index in [1.807, 2.05) is 30.5 Å². The number of nitrogens with one attached hydrogen (secondary N) is 1. The third-order valence-electron chi connectivity index (χ3n) is 3.07. The van der Waals surface area contributed by atoms with Crippen molar-refractivity contribution in [3.8, 4) is 6.19 Å². The molecule has 0 aromatic heterocycles. The van der Waals surface area contributed by atoms with Crippen molar-refractivity contribution in [1.82, 2.24) is 5.32 Å². The highest BCUT2D eigenvalue weighted by molar-refractivity contribution is 8.13. The monoisotopic (exact) mass is 299 g/mol. The number of nitriles is 1. The molecular weight excluding hydrogens is 286 g/mol. The minimum atomic E-state index is -0.992. The molecule has 2 aromatic rings. The first kappa shape index (κ1) is 14.9. The molecule has 0 aliphatic heterocycles. The molecule has 0 saturated carbocycles. The number of hydrogen-bond acceptors (Lipinski definition) is 4. The summed E-state index contributed by atoms with van der Waals surface area (Å²) < 4.78 is 0. The Morgan fingerprint density at radius 1 is 1.43 bits per heavy atom. The Morgan fingerprint density at radius 3 is 2.76 bits per heavy atom. The first-order valence-corrected chi connectivity index (χ1v) is 7.34. The fourth-order valence-electron chi connectivity index (χ4n) is 2.07. The summed E-state index contributed by atoms with van der Waals surface area (Å²) >= 11 is 1.29. The zero-order chi connectivity index (χ0) is 15.4. The van der Waals surface area contributed by atoms with Gasteiger partial charge in [0.25, 0.3) is 0 Å². The fraction of sp³-hybridized carbons (Fsp3) is 0.133. The Kier molecular flexibility index (Phi) is 4.45. The average Bonchev–Trinajstić information content (AvgIpc) is 2.48. The van der Waals surface area contributed by atoms with Crippen molar-refractivity contribution in [3.63, 3.8) is 0 Å². The predicted octanol–water partition coefficient (Wildman–Crippen LogP) is 3.27. The third kappa shape index (κ3) is 2.98. The number of aliphatic imine (C=N–C) groups is 1. The zero-order valence-electron chi connectivity index (χ0n) is 11.5. The molecular formula is C15H13N3O2S. The van der Waals surface area contributed by atoms with Crippen LogP contribution in [0.1, 0.15) is 15.9 Å². The number of carbonyl (C=O) groups is 1. The summed E-state index contributed by atoms with van der Waals surface area (Å²) in [5.74, 6) is -0.992. The van der Waals surface area contributed by atoms with Gasteiger partial charge in [-0.15, -0.1) is 0 Å². The van der Waals surface area contributed by atoms with Crippen molar-refractivity contribution in [2.75, 3.05) is 6.26 Å². The van der Waals surface area contributed by atoms with Crippen LogP contribution in [0, 0.1) is 18.4 Å². The Morgan fingerprint density at radius 2 is 2.14 bits per heavy atom.